The van der Waals surface area contributed by atoms with Crippen LogP contribution in [0.3, 0.4) is 0 Å². The summed E-state index contributed by atoms with van der Waals surface area (Å²) in [6.45, 7) is -1.66. The number of anilines is 4. The minimum atomic E-state index is -4.61. The molecule has 0 aliphatic heterocycles. The molecule has 1 aliphatic carbocycles. The zero-order valence-electron chi connectivity index (χ0n) is 24.1. The fraction of sp³-hybridized carbons (Fsp3) is 0.357. The van der Waals surface area contributed by atoms with Crippen LogP contribution in [0.25, 0.3) is 0 Å². The number of likely N-dealkylation sites (N-methyl/N-ethyl adjacent to an activating group) is 1. The van der Waals surface area contributed by atoms with E-state index < -0.39 is 48.2 Å². The number of aliphatic carboxylic acids is 1. The molecule has 17 heteroatoms. The van der Waals surface area contributed by atoms with E-state index >= 15 is 0 Å². The largest absolute Gasteiger partial charge is 0.480 e. The Bertz CT molecular complexity index is 1520. The second kappa shape index (κ2) is 13.8. The lowest BCUT2D eigenvalue weighted by Gasteiger charge is -2.19. The number of carboxylic acids is 1. The number of benzene rings is 2. The van der Waals surface area contributed by atoms with Gasteiger partial charge in [0.1, 0.15) is 6.04 Å². The predicted molar refractivity (Wildman–Crippen MR) is 158 cm³/mol. The van der Waals surface area contributed by atoms with Crippen molar-refractivity contribution in [1.82, 2.24) is 25.2 Å². The lowest BCUT2D eigenvalue weighted by Crippen LogP contribution is -2.41. The number of rotatable bonds is 13. The van der Waals surface area contributed by atoms with Gasteiger partial charge in [0.05, 0.1) is 5.54 Å². The second-order valence-electron chi connectivity index (χ2n) is 10.4. The Hall–Kier alpha value is -4.86. The topological polar surface area (TPSA) is 171 Å². The van der Waals surface area contributed by atoms with Crippen LogP contribution >= 0.6 is 11.6 Å². The second-order valence-corrected chi connectivity index (χ2v) is 10.8. The van der Waals surface area contributed by atoms with Gasteiger partial charge in [-0.25, -0.2) is 4.79 Å². The number of ether oxygens (including phenoxy) is 1. The van der Waals surface area contributed by atoms with Gasteiger partial charge in [0.25, 0.3) is 0 Å². The average Bonchev–Trinajstić information content (AvgIpc) is 3.76. The average molecular weight is 651 g/mol. The van der Waals surface area contributed by atoms with Crippen LogP contribution in [0.1, 0.15) is 24.8 Å². The SMILES string of the molecule is CN(C)C(=O)C(=O)NCCC(Nc1ccc(Nc2nc(NC3(c4ccc(Cl)cc4)CC3)nc(OCC(F)(F)F)n2)cc1)C(=O)O. The maximum Gasteiger partial charge on any atom is 0.422 e. The number of carboxylic acid groups (broad SMARTS) is 1. The molecule has 1 aliphatic rings. The Morgan fingerprint density at radius 2 is 1.62 bits per heavy atom. The standard InChI is InChI=1S/C28H30ClF3N8O5/c1-40(2)22(42)21(41)33-14-11-20(23(43)44)34-18-7-9-19(10-8-18)35-24-36-25(38-26(37-24)45-15-28(30,31)32)39-27(12-13-27)16-3-5-17(29)6-4-16/h3-10,20,34H,11-15H2,1-2H3,(H,33,41)(H,43,44)(H2,35,36,37,38,39). The molecule has 1 atom stereocenters. The van der Waals surface area contributed by atoms with Gasteiger partial charge in [-0.1, -0.05) is 23.7 Å². The number of halogens is 4. The zero-order valence-corrected chi connectivity index (χ0v) is 24.9. The summed E-state index contributed by atoms with van der Waals surface area (Å²) in [7, 11) is 2.84. The fourth-order valence-electron chi connectivity index (χ4n) is 4.12. The molecule has 45 heavy (non-hydrogen) atoms. The Kier molecular flexibility index (Phi) is 10.2. The molecule has 1 saturated carbocycles. The van der Waals surface area contributed by atoms with E-state index in [2.05, 4.69) is 36.2 Å². The molecular weight excluding hydrogens is 621 g/mol. The van der Waals surface area contributed by atoms with Gasteiger partial charge in [-0.15, -0.1) is 0 Å². The van der Waals surface area contributed by atoms with E-state index in [9.17, 15) is 32.7 Å². The van der Waals surface area contributed by atoms with Crippen LogP contribution in [0.2, 0.25) is 5.02 Å². The van der Waals surface area contributed by atoms with Crippen LogP contribution in [-0.2, 0) is 19.9 Å². The quantitative estimate of drug-likeness (QED) is 0.171. The number of hydrogen-bond donors (Lipinski definition) is 5. The molecule has 5 N–H and O–H groups in total. The van der Waals surface area contributed by atoms with Crippen LogP contribution in [0.15, 0.2) is 48.5 Å². The van der Waals surface area contributed by atoms with Crippen molar-refractivity contribution in [1.29, 1.82) is 0 Å². The highest BCUT2D eigenvalue weighted by molar-refractivity contribution is 6.34. The van der Waals surface area contributed by atoms with Crippen LogP contribution < -0.4 is 26.0 Å². The lowest BCUT2D eigenvalue weighted by atomic mass is 10.1. The van der Waals surface area contributed by atoms with Gasteiger partial charge in [0.15, 0.2) is 6.61 Å². The first kappa shape index (κ1) is 33.0. The summed E-state index contributed by atoms with van der Waals surface area (Å²) in [4.78, 5) is 48.6. The summed E-state index contributed by atoms with van der Waals surface area (Å²) in [5.41, 5.74) is 1.24. The molecule has 2 amide bonds. The molecule has 4 rings (SSSR count). The summed E-state index contributed by atoms with van der Waals surface area (Å²) in [6.07, 6.45) is -3.16. The third-order valence-electron chi connectivity index (χ3n) is 6.58. The first-order chi connectivity index (χ1) is 21.2. The summed E-state index contributed by atoms with van der Waals surface area (Å²) >= 11 is 6.00. The normalized spacial score (nSPS) is 14.1. The minimum absolute atomic E-state index is 0.000848. The van der Waals surface area contributed by atoms with E-state index in [1.54, 1.807) is 36.4 Å². The smallest absolute Gasteiger partial charge is 0.422 e. The van der Waals surface area contributed by atoms with E-state index in [1.807, 2.05) is 12.1 Å². The molecule has 13 nitrogen and oxygen atoms in total. The molecular formula is C28H30ClF3N8O5. The van der Waals surface area contributed by atoms with Crippen LogP contribution in [0.5, 0.6) is 6.01 Å². The van der Waals surface area contributed by atoms with Gasteiger partial charge in [-0.2, -0.15) is 28.1 Å². The van der Waals surface area contributed by atoms with Gasteiger partial charge in [-0.05, 0) is 61.2 Å². The van der Waals surface area contributed by atoms with E-state index in [0.29, 0.717) is 16.4 Å². The van der Waals surface area contributed by atoms with Gasteiger partial charge in [0, 0.05) is 37.0 Å². The number of aromatic nitrogens is 3. The van der Waals surface area contributed by atoms with Crippen molar-refractivity contribution < 1.29 is 37.4 Å². The number of hydrogen-bond acceptors (Lipinski definition) is 10. The van der Waals surface area contributed by atoms with Crippen LogP contribution in [-0.4, -0.2) is 82.2 Å². The van der Waals surface area contributed by atoms with Crippen molar-refractivity contribution in [2.24, 2.45) is 0 Å². The highest BCUT2D eigenvalue weighted by Crippen LogP contribution is 2.48. The molecule has 1 unspecified atom stereocenters. The monoisotopic (exact) mass is 650 g/mol. The van der Waals surface area contributed by atoms with E-state index in [-0.39, 0.29) is 24.9 Å². The third-order valence-corrected chi connectivity index (χ3v) is 6.83. The van der Waals surface area contributed by atoms with Crippen LogP contribution in [0, 0.1) is 0 Å². The van der Waals surface area contributed by atoms with Crippen molar-refractivity contribution in [2.45, 2.75) is 37.0 Å². The van der Waals surface area contributed by atoms with Crippen molar-refractivity contribution in [2.75, 3.05) is 43.2 Å². The maximum absolute atomic E-state index is 12.9. The molecule has 3 aromatic rings. The summed E-state index contributed by atoms with van der Waals surface area (Å²) in [5, 5.41) is 21.4. The molecule has 1 heterocycles. The van der Waals surface area contributed by atoms with E-state index in [1.165, 1.54) is 14.1 Å². The number of amides is 2. The Balaban J connectivity index is 1.44. The highest BCUT2D eigenvalue weighted by Gasteiger charge is 2.45. The van der Waals surface area contributed by atoms with E-state index in [0.717, 1.165) is 23.3 Å². The molecule has 1 fully saturated rings. The van der Waals surface area contributed by atoms with Crippen molar-refractivity contribution in [3.63, 3.8) is 0 Å². The fourth-order valence-corrected chi connectivity index (χ4v) is 4.25. The first-order valence-corrected chi connectivity index (χ1v) is 14.0. The number of carbonyl (C=O) groups excluding carboxylic acids is 2. The lowest BCUT2D eigenvalue weighted by molar-refractivity contribution is -0.154. The van der Waals surface area contributed by atoms with Gasteiger partial charge >= 0.3 is 30.0 Å². The van der Waals surface area contributed by atoms with Crippen molar-refractivity contribution in [3.05, 3.63) is 59.1 Å². The summed E-state index contributed by atoms with van der Waals surface area (Å²) < 4.78 is 43.4. The first-order valence-electron chi connectivity index (χ1n) is 13.6. The van der Waals surface area contributed by atoms with Gasteiger partial charge in [0.2, 0.25) is 11.9 Å². The summed E-state index contributed by atoms with van der Waals surface area (Å²) in [6, 6.07) is 11.8. The third kappa shape index (κ3) is 9.56. The van der Waals surface area contributed by atoms with Crippen molar-refractivity contribution >= 4 is 52.7 Å². The molecule has 240 valence electrons. The molecule has 2 aromatic carbocycles. The number of carbonyl (C=O) groups is 3. The zero-order chi connectivity index (χ0) is 32.8. The molecule has 0 saturated heterocycles. The predicted octanol–water partition coefficient (Wildman–Crippen LogP) is 3.77. The number of nitrogens with one attached hydrogen (secondary N) is 4. The summed E-state index contributed by atoms with van der Waals surface area (Å²) in [5.74, 6) is -2.87. The molecule has 0 radical (unpaired) electrons. The highest BCUT2D eigenvalue weighted by atomic mass is 35.5. The molecule has 0 bridgehead atoms. The van der Waals surface area contributed by atoms with Gasteiger partial charge in [-0.3, -0.25) is 9.59 Å². The Labute approximate surface area is 260 Å². The number of alkyl halides is 3. The Morgan fingerprint density at radius 3 is 2.20 bits per heavy atom. The van der Waals surface area contributed by atoms with Crippen molar-refractivity contribution in [3.8, 4) is 6.01 Å². The molecule has 1 aromatic heterocycles. The molecule has 0 spiro atoms. The number of nitrogens with zero attached hydrogens (tertiary/aromatic N) is 4. The Morgan fingerprint density at radius 1 is 1.00 bits per heavy atom. The van der Waals surface area contributed by atoms with Crippen LogP contribution in [0.4, 0.5) is 36.4 Å². The maximum atomic E-state index is 12.9. The minimum Gasteiger partial charge on any atom is -0.480 e. The van der Waals surface area contributed by atoms with E-state index in [4.69, 9.17) is 16.3 Å². The van der Waals surface area contributed by atoms with Gasteiger partial charge < -0.3 is 36.0 Å².